The molecule has 3 N–H and O–H groups in total. The molecule has 1 fully saturated rings. The van der Waals surface area contributed by atoms with Gasteiger partial charge in [-0.1, -0.05) is 30.3 Å². The number of likely N-dealkylation sites (N-methyl/N-ethyl adjacent to an activating group) is 1. The van der Waals surface area contributed by atoms with Crippen LogP contribution in [0.5, 0.6) is 0 Å². The molecule has 1 aromatic carbocycles. The van der Waals surface area contributed by atoms with Crippen molar-refractivity contribution in [2.45, 2.75) is 12.0 Å². The lowest BCUT2D eigenvalue weighted by Gasteiger charge is -2.18. The minimum atomic E-state index is -0.443. The maximum absolute atomic E-state index is 10.9. The molecule has 0 aliphatic carbocycles. The first-order valence-electron chi connectivity index (χ1n) is 5.46. The summed E-state index contributed by atoms with van der Waals surface area (Å²) in [6.07, 6.45) is 0. The van der Waals surface area contributed by atoms with Crippen LogP contribution in [-0.2, 0) is 0 Å². The Kier molecular flexibility index (Phi) is 3.10. The first-order chi connectivity index (χ1) is 7.66. The molecule has 1 heterocycles. The van der Waals surface area contributed by atoms with Gasteiger partial charge in [-0.3, -0.25) is 0 Å². The number of hydrogen-bond donors (Lipinski definition) is 2. The van der Waals surface area contributed by atoms with E-state index in [2.05, 4.69) is 29.4 Å². The Morgan fingerprint density at radius 2 is 2.06 bits per heavy atom. The zero-order valence-electron chi connectivity index (χ0n) is 9.39. The van der Waals surface area contributed by atoms with E-state index in [1.54, 1.807) is 0 Å². The number of nitrogens with two attached hydrogens (primary N) is 1. The van der Waals surface area contributed by atoms with Crippen molar-refractivity contribution < 1.29 is 4.79 Å². The van der Waals surface area contributed by atoms with Gasteiger partial charge in [0.05, 0.1) is 6.04 Å². The van der Waals surface area contributed by atoms with E-state index in [4.69, 9.17) is 5.73 Å². The monoisotopic (exact) mass is 219 g/mol. The summed E-state index contributed by atoms with van der Waals surface area (Å²) in [5.74, 6) is 0.332. The van der Waals surface area contributed by atoms with E-state index in [9.17, 15) is 4.79 Å². The molecule has 2 amide bonds. The van der Waals surface area contributed by atoms with Crippen LogP contribution in [0.2, 0.25) is 0 Å². The van der Waals surface area contributed by atoms with Crippen molar-refractivity contribution in [3.8, 4) is 0 Å². The van der Waals surface area contributed by atoms with Gasteiger partial charge in [-0.25, -0.2) is 4.79 Å². The SMILES string of the molecule is CN1CC(NC(N)=O)[C@@H](c2ccccc2)C1. The zero-order valence-corrected chi connectivity index (χ0v) is 9.39. The van der Waals surface area contributed by atoms with Crippen molar-refractivity contribution in [1.29, 1.82) is 0 Å². The number of hydrogen-bond acceptors (Lipinski definition) is 2. The predicted molar refractivity (Wildman–Crippen MR) is 63.2 cm³/mol. The molecule has 0 aromatic heterocycles. The third kappa shape index (κ3) is 2.33. The quantitative estimate of drug-likeness (QED) is 0.771. The second-order valence-electron chi connectivity index (χ2n) is 4.35. The van der Waals surface area contributed by atoms with E-state index in [0.29, 0.717) is 5.92 Å². The second kappa shape index (κ2) is 4.53. The highest BCUT2D eigenvalue weighted by Crippen LogP contribution is 2.26. The summed E-state index contributed by atoms with van der Waals surface area (Å²) in [7, 11) is 2.05. The zero-order chi connectivity index (χ0) is 11.5. The Bertz CT molecular complexity index is 366. The first-order valence-corrected chi connectivity index (χ1v) is 5.46. The predicted octanol–water partition coefficient (Wildman–Crippen LogP) is 0.752. The molecule has 1 aliphatic heterocycles. The Labute approximate surface area is 95.4 Å². The van der Waals surface area contributed by atoms with Gasteiger partial charge >= 0.3 is 6.03 Å². The molecule has 0 bridgehead atoms. The number of benzene rings is 1. The van der Waals surface area contributed by atoms with E-state index >= 15 is 0 Å². The highest BCUT2D eigenvalue weighted by atomic mass is 16.2. The number of primary amides is 1. The van der Waals surface area contributed by atoms with Gasteiger partial charge in [0.2, 0.25) is 0 Å². The van der Waals surface area contributed by atoms with Crippen molar-refractivity contribution in [2.24, 2.45) is 5.73 Å². The van der Waals surface area contributed by atoms with Crippen molar-refractivity contribution in [3.05, 3.63) is 35.9 Å². The van der Waals surface area contributed by atoms with Crippen LogP contribution in [0, 0.1) is 0 Å². The van der Waals surface area contributed by atoms with Crippen LogP contribution < -0.4 is 11.1 Å². The van der Waals surface area contributed by atoms with E-state index in [1.807, 2.05) is 18.2 Å². The average molecular weight is 219 g/mol. The first kappa shape index (κ1) is 11.0. The maximum atomic E-state index is 10.9. The van der Waals surface area contributed by atoms with Crippen LogP contribution >= 0.6 is 0 Å². The summed E-state index contributed by atoms with van der Waals surface area (Å²) in [6, 6.07) is 9.91. The van der Waals surface area contributed by atoms with E-state index in [-0.39, 0.29) is 6.04 Å². The van der Waals surface area contributed by atoms with Crippen molar-refractivity contribution in [3.63, 3.8) is 0 Å². The summed E-state index contributed by atoms with van der Waals surface area (Å²) in [6.45, 7) is 1.80. The van der Waals surface area contributed by atoms with Gasteiger partial charge in [0.1, 0.15) is 0 Å². The fourth-order valence-corrected chi connectivity index (χ4v) is 2.37. The number of nitrogens with one attached hydrogen (secondary N) is 1. The summed E-state index contributed by atoms with van der Waals surface area (Å²) in [5.41, 5.74) is 6.44. The van der Waals surface area contributed by atoms with Crippen LogP contribution in [0.1, 0.15) is 11.5 Å². The third-order valence-electron chi connectivity index (χ3n) is 3.06. The normalized spacial score (nSPS) is 25.6. The molecule has 1 saturated heterocycles. The van der Waals surface area contributed by atoms with Gasteiger partial charge in [-0.2, -0.15) is 0 Å². The number of amides is 2. The minimum Gasteiger partial charge on any atom is -0.352 e. The highest BCUT2D eigenvalue weighted by Gasteiger charge is 2.32. The fraction of sp³-hybridized carbons (Fsp3) is 0.417. The van der Waals surface area contributed by atoms with Gasteiger partial charge in [-0.15, -0.1) is 0 Å². The molecule has 4 nitrogen and oxygen atoms in total. The Morgan fingerprint density at radius 1 is 1.38 bits per heavy atom. The van der Waals surface area contributed by atoms with E-state index in [0.717, 1.165) is 13.1 Å². The number of nitrogens with zero attached hydrogens (tertiary/aromatic N) is 1. The molecule has 0 saturated carbocycles. The lowest BCUT2D eigenvalue weighted by atomic mass is 9.94. The molecule has 4 heteroatoms. The summed E-state index contributed by atoms with van der Waals surface area (Å²) in [4.78, 5) is 13.1. The van der Waals surface area contributed by atoms with Gasteiger partial charge < -0.3 is 16.0 Å². The minimum absolute atomic E-state index is 0.116. The van der Waals surface area contributed by atoms with Gasteiger partial charge in [0, 0.05) is 19.0 Å². The molecule has 0 radical (unpaired) electrons. The number of carbonyl (C=O) groups is 1. The maximum Gasteiger partial charge on any atom is 0.312 e. The number of likely N-dealkylation sites (tertiary alicyclic amines) is 1. The number of urea groups is 1. The molecule has 1 unspecified atom stereocenters. The largest absolute Gasteiger partial charge is 0.352 e. The molecule has 2 atom stereocenters. The van der Waals surface area contributed by atoms with Crippen LogP contribution in [-0.4, -0.2) is 37.1 Å². The van der Waals surface area contributed by atoms with Crippen LogP contribution in [0.25, 0.3) is 0 Å². The topological polar surface area (TPSA) is 58.4 Å². The molecule has 86 valence electrons. The third-order valence-corrected chi connectivity index (χ3v) is 3.06. The lowest BCUT2D eigenvalue weighted by Crippen LogP contribution is -2.42. The summed E-state index contributed by atoms with van der Waals surface area (Å²) in [5, 5.41) is 2.82. The standard InChI is InChI=1S/C12H17N3O/c1-15-7-10(9-5-3-2-4-6-9)11(8-15)14-12(13)16/h2-6,10-11H,7-8H2,1H3,(H3,13,14,16)/t10-,11?/m1/s1. The summed E-state index contributed by atoms with van der Waals surface area (Å²) >= 11 is 0. The smallest absolute Gasteiger partial charge is 0.312 e. The van der Waals surface area contributed by atoms with Crippen LogP contribution in [0.15, 0.2) is 30.3 Å². The molecule has 16 heavy (non-hydrogen) atoms. The van der Waals surface area contributed by atoms with Gasteiger partial charge in [0.15, 0.2) is 0 Å². The number of carbonyl (C=O) groups excluding carboxylic acids is 1. The highest BCUT2D eigenvalue weighted by molar-refractivity contribution is 5.72. The molecule has 2 rings (SSSR count). The Morgan fingerprint density at radius 3 is 2.69 bits per heavy atom. The second-order valence-corrected chi connectivity index (χ2v) is 4.35. The fourth-order valence-electron chi connectivity index (χ4n) is 2.37. The average Bonchev–Trinajstić information content (AvgIpc) is 2.60. The van der Waals surface area contributed by atoms with Crippen molar-refractivity contribution in [2.75, 3.05) is 20.1 Å². The van der Waals surface area contributed by atoms with Crippen molar-refractivity contribution in [1.82, 2.24) is 10.2 Å². The Balaban J connectivity index is 2.15. The summed E-state index contributed by atoms with van der Waals surface area (Å²) < 4.78 is 0. The van der Waals surface area contributed by atoms with E-state index in [1.165, 1.54) is 5.56 Å². The molecule has 0 spiro atoms. The van der Waals surface area contributed by atoms with Crippen LogP contribution in [0.4, 0.5) is 4.79 Å². The van der Waals surface area contributed by atoms with Gasteiger partial charge in [-0.05, 0) is 12.6 Å². The molecule has 1 aromatic rings. The van der Waals surface area contributed by atoms with E-state index < -0.39 is 6.03 Å². The van der Waals surface area contributed by atoms with Gasteiger partial charge in [0.25, 0.3) is 0 Å². The molecular weight excluding hydrogens is 202 g/mol. The molecule has 1 aliphatic rings. The molecular formula is C12H17N3O. The lowest BCUT2D eigenvalue weighted by molar-refractivity contribution is 0.244. The van der Waals surface area contributed by atoms with Crippen LogP contribution in [0.3, 0.4) is 0 Å². The van der Waals surface area contributed by atoms with Crippen molar-refractivity contribution >= 4 is 6.03 Å². The number of rotatable bonds is 2. The Hall–Kier alpha value is -1.55.